The maximum Gasteiger partial charge on any atom is 0.152 e. The summed E-state index contributed by atoms with van der Waals surface area (Å²) in [7, 11) is 1.88. The molecule has 1 N–H and O–H groups in total. The van der Waals surface area contributed by atoms with Crippen LogP contribution >= 0.6 is 11.9 Å². The van der Waals surface area contributed by atoms with Gasteiger partial charge in [0, 0.05) is 54.1 Å². The van der Waals surface area contributed by atoms with Crippen molar-refractivity contribution >= 4 is 23.3 Å². The molecule has 0 fully saturated rings. The van der Waals surface area contributed by atoms with Gasteiger partial charge in [0.1, 0.15) is 17.2 Å². The van der Waals surface area contributed by atoms with Crippen LogP contribution in [0.2, 0.25) is 0 Å². The highest BCUT2D eigenvalue weighted by atomic mass is 32.2. The highest BCUT2D eigenvalue weighted by Crippen LogP contribution is 2.32. The number of aromatic nitrogens is 5. The Balaban J connectivity index is 1.62. The van der Waals surface area contributed by atoms with Crippen LogP contribution in [0.25, 0.3) is 39.3 Å². The summed E-state index contributed by atoms with van der Waals surface area (Å²) in [6, 6.07) is 10.4. The van der Waals surface area contributed by atoms with Gasteiger partial charge in [-0.05, 0) is 35.9 Å². The van der Waals surface area contributed by atoms with Gasteiger partial charge in [0.15, 0.2) is 5.82 Å². The van der Waals surface area contributed by atoms with E-state index in [9.17, 15) is 8.78 Å². The molecule has 0 radical (unpaired) electrons. The Labute approximate surface area is 187 Å². The van der Waals surface area contributed by atoms with E-state index in [-0.39, 0.29) is 5.69 Å². The third-order valence-corrected chi connectivity index (χ3v) is 5.52. The van der Waals surface area contributed by atoms with Crippen LogP contribution in [0.4, 0.5) is 14.5 Å². The van der Waals surface area contributed by atoms with E-state index in [2.05, 4.69) is 19.8 Å². The lowest BCUT2D eigenvalue weighted by Gasteiger charge is -2.11. The molecule has 6 nitrogen and oxygen atoms in total. The summed E-state index contributed by atoms with van der Waals surface area (Å²) in [6.45, 7) is 0. The van der Waals surface area contributed by atoms with E-state index in [1.165, 1.54) is 11.9 Å². The van der Waals surface area contributed by atoms with Gasteiger partial charge in [-0.15, -0.1) is 0 Å². The number of nitrogens with one attached hydrogen (secondary N) is 1. The number of anilines is 1. The SMILES string of the molecule is CSNc1cc(-c2ncc(F)cc2F)cc(-c2cnc3cc(-c4cnn(C)c4)ccn23)c1. The molecule has 0 aliphatic rings. The summed E-state index contributed by atoms with van der Waals surface area (Å²) in [5.74, 6) is -1.42. The molecule has 5 aromatic rings. The molecular formula is C23H18F2N6S. The summed E-state index contributed by atoms with van der Waals surface area (Å²) in [5.41, 5.74) is 5.86. The molecule has 0 aliphatic carbocycles. The van der Waals surface area contributed by atoms with Crippen molar-refractivity contribution in [2.75, 3.05) is 11.0 Å². The molecule has 0 unspecified atom stereocenters. The van der Waals surface area contributed by atoms with Gasteiger partial charge in [0.05, 0.1) is 24.3 Å². The van der Waals surface area contributed by atoms with Crippen LogP contribution in [0.15, 0.2) is 67.4 Å². The average molecular weight is 449 g/mol. The molecule has 160 valence electrons. The molecule has 0 amide bonds. The van der Waals surface area contributed by atoms with Crippen LogP contribution in [0, 0.1) is 11.6 Å². The molecule has 0 saturated carbocycles. The van der Waals surface area contributed by atoms with Crippen LogP contribution < -0.4 is 4.72 Å². The van der Waals surface area contributed by atoms with Crippen LogP contribution in [-0.2, 0) is 7.05 Å². The van der Waals surface area contributed by atoms with E-state index in [4.69, 9.17) is 0 Å². The van der Waals surface area contributed by atoms with E-state index in [0.717, 1.165) is 46.0 Å². The summed E-state index contributed by atoms with van der Waals surface area (Å²) < 4.78 is 34.7. The summed E-state index contributed by atoms with van der Waals surface area (Å²) in [4.78, 5) is 8.53. The molecule has 0 atom stereocenters. The second-order valence-electron chi connectivity index (χ2n) is 7.28. The summed E-state index contributed by atoms with van der Waals surface area (Å²) >= 11 is 1.42. The van der Waals surface area contributed by atoms with Crippen molar-refractivity contribution in [1.29, 1.82) is 0 Å². The fourth-order valence-corrected chi connectivity index (χ4v) is 4.01. The molecule has 0 saturated heterocycles. The van der Waals surface area contributed by atoms with Gasteiger partial charge in [-0.25, -0.2) is 13.8 Å². The second-order valence-corrected chi connectivity index (χ2v) is 7.89. The number of nitrogens with zero attached hydrogens (tertiary/aromatic N) is 5. The quantitative estimate of drug-likeness (QED) is 0.363. The van der Waals surface area contributed by atoms with Crippen LogP contribution in [0.5, 0.6) is 0 Å². The zero-order valence-corrected chi connectivity index (χ0v) is 18.1. The molecule has 4 heterocycles. The summed E-state index contributed by atoms with van der Waals surface area (Å²) in [6.07, 6.45) is 10.4. The van der Waals surface area contributed by atoms with Crippen molar-refractivity contribution in [2.24, 2.45) is 7.05 Å². The molecular weight excluding hydrogens is 430 g/mol. The molecule has 1 aromatic carbocycles. The lowest BCUT2D eigenvalue weighted by atomic mass is 10.0. The number of halogens is 2. The smallest absolute Gasteiger partial charge is 0.152 e. The maximum atomic E-state index is 14.4. The van der Waals surface area contributed by atoms with Gasteiger partial charge in [-0.2, -0.15) is 5.10 Å². The fraction of sp³-hybridized carbons (Fsp3) is 0.0870. The third kappa shape index (κ3) is 3.71. The van der Waals surface area contributed by atoms with Crippen molar-refractivity contribution < 1.29 is 8.78 Å². The fourth-order valence-electron chi connectivity index (χ4n) is 3.66. The molecule has 32 heavy (non-hydrogen) atoms. The van der Waals surface area contributed by atoms with Gasteiger partial charge in [-0.3, -0.25) is 14.1 Å². The monoisotopic (exact) mass is 448 g/mol. The highest BCUT2D eigenvalue weighted by molar-refractivity contribution is 7.99. The Morgan fingerprint density at radius 2 is 1.75 bits per heavy atom. The van der Waals surface area contributed by atoms with Crippen molar-refractivity contribution in [2.45, 2.75) is 0 Å². The minimum absolute atomic E-state index is 0.0880. The number of benzene rings is 1. The van der Waals surface area contributed by atoms with Gasteiger partial charge in [0.2, 0.25) is 0 Å². The summed E-state index contributed by atoms with van der Waals surface area (Å²) in [5, 5.41) is 4.22. The Bertz CT molecular complexity index is 1440. The number of pyridine rings is 2. The molecule has 0 spiro atoms. The molecule has 9 heteroatoms. The van der Waals surface area contributed by atoms with Crippen LogP contribution in [-0.4, -0.2) is 30.4 Å². The standard InChI is InChI=1S/C23H18F2N6S/c1-30-13-17(10-28-30)14-3-4-31-21(12-26-22(31)8-14)15-5-16(7-19(6-15)29-32-2)23-20(25)9-18(24)11-27-23/h3-13,29H,1-2H3. The first kappa shape index (κ1) is 20.2. The van der Waals surface area contributed by atoms with E-state index in [1.54, 1.807) is 16.9 Å². The Morgan fingerprint density at radius 1 is 0.906 bits per heavy atom. The minimum atomic E-state index is -0.712. The van der Waals surface area contributed by atoms with Crippen LogP contribution in [0.3, 0.4) is 0 Å². The average Bonchev–Trinajstić information content (AvgIpc) is 3.39. The van der Waals surface area contributed by atoms with E-state index < -0.39 is 11.6 Å². The predicted molar refractivity (Wildman–Crippen MR) is 123 cm³/mol. The van der Waals surface area contributed by atoms with Crippen molar-refractivity contribution in [3.05, 3.63) is 79.0 Å². The van der Waals surface area contributed by atoms with Crippen LogP contribution in [0.1, 0.15) is 0 Å². The molecule has 0 bridgehead atoms. The van der Waals surface area contributed by atoms with E-state index >= 15 is 0 Å². The third-order valence-electron chi connectivity index (χ3n) is 5.08. The van der Waals surface area contributed by atoms with Crippen molar-refractivity contribution in [3.63, 3.8) is 0 Å². The van der Waals surface area contributed by atoms with Gasteiger partial charge in [0.25, 0.3) is 0 Å². The predicted octanol–water partition coefficient (Wildman–Crippen LogP) is 5.43. The molecule has 0 aliphatic heterocycles. The number of hydrogen-bond acceptors (Lipinski definition) is 5. The zero-order valence-electron chi connectivity index (χ0n) is 17.3. The van der Waals surface area contributed by atoms with Gasteiger partial charge < -0.3 is 4.72 Å². The highest BCUT2D eigenvalue weighted by Gasteiger charge is 2.14. The topological polar surface area (TPSA) is 60.0 Å². The first-order chi connectivity index (χ1) is 15.5. The molecule has 5 rings (SSSR count). The van der Waals surface area contributed by atoms with Gasteiger partial charge >= 0.3 is 0 Å². The Morgan fingerprint density at radius 3 is 2.50 bits per heavy atom. The number of rotatable bonds is 5. The van der Waals surface area contributed by atoms with Crippen molar-refractivity contribution in [3.8, 4) is 33.6 Å². The number of fused-ring (bicyclic) bond motifs is 1. The number of hydrogen-bond donors (Lipinski definition) is 1. The normalized spacial score (nSPS) is 11.2. The van der Waals surface area contributed by atoms with E-state index in [1.807, 2.05) is 60.6 Å². The first-order valence-corrected chi connectivity index (χ1v) is 11.0. The number of aryl methyl sites for hydroxylation is 1. The Hall–Kier alpha value is -3.72. The first-order valence-electron chi connectivity index (χ1n) is 9.74. The van der Waals surface area contributed by atoms with E-state index in [0.29, 0.717) is 5.56 Å². The minimum Gasteiger partial charge on any atom is -0.330 e. The second kappa shape index (κ2) is 8.08. The molecule has 4 aromatic heterocycles. The largest absolute Gasteiger partial charge is 0.330 e. The zero-order chi connectivity index (χ0) is 22.2. The van der Waals surface area contributed by atoms with Crippen molar-refractivity contribution in [1.82, 2.24) is 24.1 Å². The number of imidazole rings is 1. The lowest BCUT2D eigenvalue weighted by molar-refractivity contribution is 0.576. The maximum absolute atomic E-state index is 14.4. The lowest BCUT2D eigenvalue weighted by Crippen LogP contribution is -1.95. The Kier molecular flexibility index (Phi) is 5.10. The van der Waals surface area contributed by atoms with Gasteiger partial charge in [-0.1, -0.05) is 11.9 Å².